The Bertz CT molecular complexity index is 375. The van der Waals surface area contributed by atoms with Gasteiger partial charge in [0.25, 0.3) is 0 Å². The van der Waals surface area contributed by atoms with Gasteiger partial charge in [0.1, 0.15) is 0 Å². The third kappa shape index (κ3) is 4.18. The Balaban J connectivity index is 2.63. The molecule has 3 N–H and O–H groups in total. The van der Waals surface area contributed by atoms with Crippen molar-refractivity contribution in [1.29, 1.82) is 0 Å². The zero-order chi connectivity index (χ0) is 11.1. The van der Waals surface area contributed by atoms with E-state index in [1.807, 2.05) is 49.4 Å². The first-order valence-electron chi connectivity index (χ1n) is 4.81. The van der Waals surface area contributed by atoms with E-state index in [4.69, 9.17) is 5.73 Å². The van der Waals surface area contributed by atoms with Gasteiger partial charge in [-0.3, -0.25) is 0 Å². The third-order valence-electron chi connectivity index (χ3n) is 1.88. The van der Waals surface area contributed by atoms with Gasteiger partial charge in [0.2, 0.25) is 0 Å². The van der Waals surface area contributed by atoms with Crippen molar-refractivity contribution in [3.05, 3.63) is 66.5 Å². The van der Waals surface area contributed by atoms with Crippen molar-refractivity contribution in [3.63, 3.8) is 0 Å². The van der Waals surface area contributed by atoms with Crippen molar-refractivity contribution in [1.82, 2.24) is 0 Å². The number of allylic oxidation sites excluding steroid dienone is 4. The molecule has 1 aromatic rings. The van der Waals surface area contributed by atoms with Gasteiger partial charge in [-0.1, -0.05) is 24.8 Å². The molecule has 0 fully saturated rings. The number of anilines is 1. The normalized spacial score (nSPS) is 12.3. The molecule has 2 nitrogen and oxygen atoms in total. The zero-order valence-electron chi connectivity index (χ0n) is 8.90. The summed E-state index contributed by atoms with van der Waals surface area (Å²) in [6.07, 6.45) is 5.36. The molecule has 0 radical (unpaired) electrons. The number of para-hydroxylation sites is 1. The lowest BCUT2D eigenvalue weighted by molar-refractivity contribution is 1.36. The Labute approximate surface area is 90.8 Å². The Morgan fingerprint density at radius 2 is 1.93 bits per heavy atom. The van der Waals surface area contributed by atoms with E-state index in [1.165, 1.54) is 0 Å². The SMILES string of the molecule is C=C/C(N)=C\C=C(/C)Nc1ccccc1. The summed E-state index contributed by atoms with van der Waals surface area (Å²) in [7, 11) is 0. The molecule has 0 aliphatic rings. The molecule has 0 spiro atoms. The second kappa shape index (κ2) is 5.70. The number of nitrogens with two attached hydrogens (primary N) is 1. The Kier molecular flexibility index (Phi) is 4.23. The average molecular weight is 200 g/mol. The van der Waals surface area contributed by atoms with Crippen molar-refractivity contribution in [3.8, 4) is 0 Å². The van der Waals surface area contributed by atoms with Gasteiger partial charge in [-0.25, -0.2) is 0 Å². The first kappa shape index (κ1) is 11.1. The largest absolute Gasteiger partial charge is 0.399 e. The summed E-state index contributed by atoms with van der Waals surface area (Å²) < 4.78 is 0. The highest BCUT2D eigenvalue weighted by Gasteiger charge is 1.89. The van der Waals surface area contributed by atoms with Crippen LogP contribution in [0.5, 0.6) is 0 Å². The van der Waals surface area contributed by atoms with Crippen LogP contribution in [-0.2, 0) is 0 Å². The summed E-state index contributed by atoms with van der Waals surface area (Å²) >= 11 is 0. The molecule has 0 amide bonds. The molecule has 0 saturated carbocycles. The highest BCUT2D eigenvalue weighted by molar-refractivity contribution is 5.48. The molecule has 0 unspecified atom stereocenters. The second-order valence-electron chi connectivity index (χ2n) is 3.21. The van der Waals surface area contributed by atoms with E-state index in [1.54, 1.807) is 6.08 Å². The minimum atomic E-state index is 0.657. The van der Waals surface area contributed by atoms with Crippen LogP contribution in [0.1, 0.15) is 6.92 Å². The van der Waals surface area contributed by atoms with Gasteiger partial charge in [-0.2, -0.15) is 0 Å². The maximum absolute atomic E-state index is 5.59. The van der Waals surface area contributed by atoms with Crippen LogP contribution in [0, 0.1) is 0 Å². The average Bonchev–Trinajstić information content (AvgIpc) is 2.27. The molecule has 0 aliphatic heterocycles. The number of hydrogen-bond donors (Lipinski definition) is 2. The molecule has 0 atom stereocenters. The van der Waals surface area contributed by atoms with Gasteiger partial charge in [0.15, 0.2) is 0 Å². The molecular weight excluding hydrogens is 184 g/mol. The van der Waals surface area contributed by atoms with Gasteiger partial charge in [-0.05, 0) is 37.3 Å². The van der Waals surface area contributed by atoms with Crippen LogP contribution in [0.4, 0.5) is 5.69 Å². The van der Waals surface area contributed by atoms with Crippen LogP contribution < -0.4 is 11.1 Å². The van der Waals surface area contributed by atoms with Gasteiger partial charge < -0.3 is 11.1 Å². The molecule has 0 heterocycles. The van der Waals surface area contributed by atoms with Crippen molar-refractivity contribution >= 4 is 5.69 Å². The lowest BCUT2D eigenvalue weighted by Crippen LogP contribution is -1.95. The summed E-state index contributed by atoms with van der Waals surface area (Å²) in [5.74, 6) is 0. The number of rotatable bonds is 4. The summed E-state index contributed by atoms with van der Waals surface area (Å²) in [6, 6.07) is 9.99. The highest BCUT2D eigenvalue weighted by Crippen LogP contribution is 2.08. The highest BCUT2D eigenvalue weighted by atomic mass is 14.9. The molecule has 0 bridgehead atoms. The van der Waals surface area contributed by atoms with Crippen LogP contribution in [-0.4, -0.2) is 0 Å². The third-order valence-corrected chi connectivity index (χ3v) is 1.88. The molecule has 1 aromatic carbocycles. The molecule has 1 rings (SSSR count). The van der Waals surface area contributed by atoms with Crippen LogP contribution in [0.2, 0.25) is 0 Å². The standard InChI is InChI=1S/C13H16N2/c1-3-12(14)10-9-11(2)15-13-7-5-4-6-8-13/h3-10,15H,1,14H2,2H3/b11-9+,12-10+. The van der Waals surface area contributed by atoms with E-state index in [9.17, 15) is 0 Å². The predicted molar refractivity (Wildman–Crippen MR) is 66.3 cm³/mol. The summed E-state index contributed by atoms with van der Waals surface area (Å²) in [4.78, 5) is 0. The van der Waals surface area contributed by atoms with Crippen molar-refractivity contribution in [2.75, 3.05) is 5.32 Å². The predicted octanol–water partition coefficient (Wildman–Crippen LogP) is 3.03. The first-order valence-corrected chi connectivity index (χ1v) is 4.81. The molecule has 0 aromatic heterocycles. The van der Waals surface area contributed by atoms with Gasteiger partial charge in [-0.15, -0.1) is 0 Å². The maximum atomic E-state index is 5.59. The number of hydrogen-bond acceptors (Lipinski definition) is 2. The Morgan fingerprint density at radius 1 is 1.27 bits per heavy atom. The number of nitrogens with one attached hydrogen (secondary N) is 1. The van der Waals surface area contributed by atoms with Crippen LogP contribution in [0.3, 0.4) is 0 Å². The lowest BCUT2D eigenvalue weighted by atomic mass is 10.3. The van der Waals surface area contributed by atoms with Crippen LogP contribution in [0.25, 0.3) is 0 Å². The summed E-state index contributed by atoms with van der Waals surface area (Å²) in [5, 5.41) is 3.25. The van der Waals surface area contributed by atoms with Crippen molar-refractivity contribution in [2.24, 2.45) is 5.73 Å². The van der Waals surface area contributed by atoms with Crippen molar-refractivity contribution < 1.29 is 0 Å². The number of benzene rings is 1. The van der Waals surface area contributed by atoms with Crippen LogP contribution in [0.15, 0.2) is 66.5 Å². The summed E-state index contributed by atoms with van der Waals surface area (Å²) in [5.41, 5.74) is 8.34. The smallest absolute Gasteiger partial charge is 0.0381 e. The lowest BCUT2D eigenvalue weighted by Gasteiger charge is -2.04. The molecule has 2 heteroatoms. The van der Waals surface area contributed by atoms with Gasteiger partial charge in [0.05, 0.1) is 0 Å². The quantitative estimate of drug-likeness (QED) is 0.733. The molecule has 78 valence electrons. The first-order chi connectivity index (χ1) is 7.22. The Hall–Kier alpha value is -1.96. The minimum Gasteiger partial charge on any atom is -0.399 e. The van der Waals surface area contributed by atoms with E-state index in [-0.39, 0.29) is 0 Å². The van der Waals surface area contributed by atoms with Gasteiger partial charge >= 0.3 is 0 Å². The molecule has 0 saturated heterocycles. The van der Waals surface area contributed by atoms with Crippen molar-refractivity contribution in [2.45, 2.75) is 6.92 Å². The second-order valence-corrected chi connectivity index (χ2v) is 3.21. The monoisotopic (exact) mass is 200 g/mol. The van der Waals surface area contributed by atoms with Crippen LogP contribution >= 0.6 is 0 Å². The summed E-state index contributed by atoms with van der Waals surface area (Å²) in [6.45, 7) is 5.57. The minimum absolute atomic E-state index is 0.657. The fraction of sp³-hybridized carbons (Fsp3) is 0.0769. The van der Waals surface area contributed by atoms with E-state index in [0.717, 1.165) is 11.4 Å². The zero-order valence-corrected chi connectivity index (χ0v) is 8.90. The molecular formula is C13H16N2. The fourth-order valence-electron chi connectivity index (χ4n) is 1.08. The van der Waals surface area contributed by atoms with E-state index in [0.29, 0.717) is 5.70 Å². The van der Waals surface area contributed by atoms with Gasteiger partial charge in [0, 0.05) is 17.1 Å². The Morgan fingerprint density at radius 3 is 2.53 bits per heavy atom. The molecule has 15 heavy (non-hydrogen) atoms. The maximum Gasteiger partial charge on any atom is 0.0381 e. The molecule has 0 aliphatic carbocycles. The van der Waals surface area contributed by atoms with E-state index < -0.39 is 0 Å². The van der Waals surface area contributed by atoms with E-state index in [2.05, 4.69) is 11.9 Å². The topological polar surface area (TPSA) is 38.0 Å². The van der Waals surface area contributed by atoms with E-state index >= 15 is 0 Å². The fourth-order valence-corrected chi connectivity index (χ4v) is 1.08.